The third-order valence-electron chi connectivity index (χ3n) is 6.97. The number of ether oxygens (including phenoxy) is 1. The van der Waals surface area contributed by atoms with Crippen molar-refractivity contribution in [3.8, 4) is 11.3 Å². The van der Waals surface area contributed by atoms with Gasteiger partial charge in [0.1, 0.15) is 11.9 Å². The quantitative estimate of drug-likeness (QED) is 0.471. The number of nitrogens with one attached hydrogen (secondary N) is 1. The van der Waals surface area contributed by atoms with Gasteiger partial charge in [-0.05, 0) is 50.3 Å². The predicted octanol–water partition coefficient (Wildman–Crippen LogP) is 1.97. The first-order valence-electron chi connectivity index (χ1n) is 10.8. The summed E-state index contributed by atoms with van der Waals surface area (Å²) < 4.78 is 75.6. The summed E-state index contributed by atoms with van der Waals surface area (Å²) in [4.78, 5) is 8.09. The summed E-state index contributed by atoms with van der Waals surface area (Å²) in [6.45, 7) is 1.55. The van der Waals surface area contributed by atoms with Gasteiger partial charge in [-0.3, -0.25) is 0 Å². The topological polar surface area (TPSA) is 145 Å². The summed E-state index contributed by atoms with van der Waals surface area (Å²) in [7, 11) is -4.07. The van der Waals surface area contributed by atoms with Crippen LogP contribution in [0.3, 0.4) is 0 Å². The van der Waals surface area contributed by atoms with Crippen LogP contribution >= 0.6 is 0 Å². The highest BCUT2D eigenvalue weighted by molar-refractivity contribution is 7.89. The maximum Gasteiger partial charge on any atom is 0.417 e. The standard InChI is InChI=1S/C21H23F3N6O4S/c1-12-2-3-13(8-14(12)15-9-26-17-16(25)27-11-28-30(15)17)35(32,33)29-19-4-6-20(7-5-19,34-10-19)18(31)21(22,23)24/h2-3,8-9,11,18,29,31H,4-7,10H2,1H3,(H2,25,27,28). The number of anilines is 1. The van der Waals surface area contributed by atoms with Crippen LogP contribution in [0.1, 0.15) is 31.2 Å². The summed E-state index contributed by atoms with van der Waals surface area (Å²) in [6.07, 6.45) is -4.64. The van der Waals surface area contributed by atoms with Crippen LogP contribution < -0.4 is 10.5 Å². The molecule has 0 spiro atoms. The molecule has 1 aromatic carbocycles. The highest BCUT2D eigenvalue weighted by Crippen LogP contribution is 2.49. The molecule has 14 heteroatoms. The van der Waals surface area contributed by atoms with E-state index in [1.165, 1.54) is 29.2 Å². The molecule has 6 rings (SSSR count). The zero-order chi connectivity index (χ0) is 25.2. The van der Waals surface area contributed by atoms with Crippen LogP contribution in [0.4, 0.5) is 19.0 Å². The summed E-state index contributed by atoms with van der Waals surface area (Å²) in [5.74, 6) is 0.176. The number of imidazole rings is 1. The fraction of sp³-hybridized carbons (Fsp3) is 0.476. The number of fused-ring (bicyclic) bond motifs is 4. The highest BCUT2D eigenvalue weighted by atomic mass is 32.2. The molecule has 2 saturated heterocycles. The number of aliphatic hydroxyl groups is 1. The second-order valence-electron chi connectivity index (χ2n) is 9.18. The Labute approximate surface area is 198 Å². The van der Waals surface area contributed by atoms with Gasteiger partial charge in [-0.2, -0.15) is 18.3 Å². The van der Waals surface area contributed by atoms with Crippen molar-refractivity contribution in [1.29, 1.82) is 0 Å². The van der Waals surface area contributed by atoms with Crippen molar-refractivity contribution in [2.24, 2.45) is 0 Å². The van der Waals surface area contributed by atoms with Gasteiger partial charge in [0.25, 0.3) is 0 Å². The second-order valence-corrected chi connectivity index (χ2v) is 10.9. The number of hydrogen-bond donors (Lipinski definition) is 3. The van der Waals surface area contributed by atoms with Gasteiger partial charge < -0.3 is 15.6 Å². The molecule has 10 nitrogen and oxygen atoms in total. The predicted molar refractivity (Wildman–Crippen MR) is 118 cm³/mol. The van der Waals surface area contributed by atoms with Gasteiger partial charge in [0.2, 0.25) is 10.0 Å². The number of halogens is 3. The third kappa shape index (κ3) is 3.93. The normalized spacial score (nSPS) is 25.7. The average Bonchev–Trinajstić information content (AvgIpc) is 3.24. The number of aromatic nitrogens is 4. The van der Waals surface area contributed by atoms with Gasteiger partial charge in [-0.15, -0.1) is 0 Å². The van der Waals surface area contributed by atoms with Gasteiger partial charge in [-0.25, -0.2) is 27.6 Å². The van der Waals surface area contributed by atoms with Crippen molar-refractivity contribution in [2.45, 2.75) is 60.9 Å². The Bertz CT molecular complexity index is 1380. The molecular weight excluding hydrogens is 489 g/mol. The minimum absolute atomic E-state index is 0.0258. The molecule has 1 atom stereocenters. The number of alkyl halides is 3. The number of nitrogens with zero attached hydrogens (tertiary/aromatic N) is 4. The van der Waals surface area contributed by atoms with Crippen LogP contribution in [-0.2, 0) is 14.8 Å². The molecule has 188 valence electrons. The Balaban J connectivity index is 1.42. The molecule has 0 amide bonds. The number of aryl methyl sites for hydroxylation is 1. The van der Waals surface area contributed by atoms with Crippen molar-refractivity contribution in [3.63, 3.8) is 0 Å². The van der Waals surface area contributed by atoms with Crippen molar-refractivity contribution in [3.05, 3.63) is 36.3 Å². The Hall–Kier alpha value is -2.81. The van der Waals surface area contributed by atoms with E-state index in [9.17, 15) is 26.7 Å². The van der Waals surface area contributed by atoms with Crippen LogP contribution in [0.15, 0.2) is 35.6 Å². The molecule has 4 N–H and O–H groups in total. The molecule has 35 heavy (non-hydrogen) atoms. The Morgan fingerprint density at radius 1 is 1.23 bits per heavy atom. The summed E-state index contributed by atoms with van der Waals surface area (Å²) >= 11 is 0. The number of benzene rings is 1. The number of hydrogen-bond acceptors (Lipinski definition) is 8. The van der Waals surface area contributed by atoms with E-state index < -0.39 is 33.4 Å². The van der Waals surface area contributed by atoms with Gasteiger partial charge in [-0.1, -0.05) is 6.07 Å². The van der Waals surface area contributed by atoms with E-state index in [2.05, 4.69) is 19.8 Å². The Kier molecular flexibility index (Phi) is 5.36. The molecular formula is C21H23F3N6O4S. The first-order valence-corrected chi connectivity index (χ1v) is 12.3. The van der Waals surface area contributed by atoms with Crippen molar-refractivity contribution in [2.75, 3.05) is 12.3 Å². The van der Waals surface area contributed by atoms with Crippen LogP contribution in [0.5, 0.6) is 0 Å². The first-order chi connectivity index (χ1) is 16.4. The minimum Gasteiger partial charge on any atom is -0.381 e. The summed E-state index contributed by atoms with van der Waals surface area (Å²) in [5.41, 5.74) is 5.23. The lowest BCUT2D eigenvalue weighted by molar-refractivity contribution is -0.295. The van der Waals surface area contributed by atoms with Crippen molar-refractivity contribution < 1.29 is 31.4 Å². The molecule has 2 aliphatic heterocycles. The third-order valence-corrected chi connectivity index (χ3v) is 8.55. The molecule has 1 unspecified atom stereocenters. The highest BCUT2D eigenvalue weighted by Gasteiger charge is 2.61. The number of nitrogen functional groups attached to an aromatic ring is 1. The molecule has 3 fully saturated rings. The SMILES string of the molecule is Cc1ccc(S(=O)(=O)NC23CCC(C(O)C(F)(F)F)(CC2)OC3)cc1-c1cnc2c(N)ncnn12. The van der Waals surface area contributed by atoms with Gasteiger partial charge >= 0.3 is 6.18 Å². The minimum atomic E-state index is -4.82. The zero-order valence-electron chi connectivity index (χ0n) is 18.6. The van der Waals surface area contributed by atoms with Crippen molar-refractivity contribution >= 4 is 21.5 Å². The lowest BCUT2D eigenvalue weighted by Crippen LogP contribution is -2.67. The second kappa shape index (κ2) is 7.85. The van der Waals surface area contributed by atoms with Crippen LogP contribution in [0, 0.1) is 6.92 Å². The largest absolute Gasteiger partial charge is 0.417 e. The van der Waals surface area contributed by atoms with E-state index in [0.717, 1.165) is 5.56 Å². The molecule has 2 aromatic heterocycles. The maximum absolute atomic E-state index is 13.3. The Morgan fingerprint density at radius 3 is 2.57 bits per heavy atom. The Morgan fingerprint density at radius 2 is 1.94 bits per heavy atom. The van der Waals surface area contributed by atoms with Gasteiger partial charge in [0, 0.05) is 5.56 Å². The van der Waals surface area contributed by atoms with Gasteiger partial charge in [0.15, 0.2) is 17.6 Å². The molecule has 3 aliphatic rings. The van der Waals surface area contributed by atoms with E-state index >= 15 is 0 Å². The lowest BCUT2D eigenvalue weighted by Gasteiger charge is -2.54. The smallest absolute Gasteiger partial charge is 0.381 e. The number of sulfonamides is 1. The van der Waals surface area contributed by atoms with Gasteiger partial charge in [0.05, 0.1) is 28.9 Å². The monoisotopic (exact) mass is 512 g/mol. The van der Waals surface area contributed by atoms with E-state index in [0.29, 0.717) is 16.9 Å². The van der Waals surface area contributed by atoms with Crippen molar-refractivity contribution in [1.82, 2.24) is 24.3 Å². The van der Waals surface area contributed by atoms with E-state index in [1.807, 2.05) is 6.92 Å². The van der Waals surface area contributed by atoms with Crippen LogP contribution in [0.25, 0.3) is 16.9 Å². The fourth-order valence-electron chi connectivity index (χ4n) is 4.91. The van der Waals surface area contributed by atoms with Crippen LogP contribution in [0.2, 0.25) is 0 Å². The number of nitrogens with two attached hydrogens (primary N) is 1. The number of aliphatic hydroxyl groups excluding tert-OH is 1. The molecule has 2 bridgehead atoms. The molecule has 1 saturated carbocycles. The van der Waals surface area contributed by atoms with E-state index in [1.54, 1.807) is 6.07 Å². The van der Waals surface area contributed by atoms with E-state index in [-0.39, 0.29) is 43.0 Å². The van der Waals surface area contributed by atoms with Crippen LogP contribution in [-0.4, -0.2) is 63.1 Å². The molecule has 1 aliphatic carbocycles. The molecule has 0 radical (unpaired) electrons. The first kappa shape index (κ1) is 23.9. The molecule has 3 aromatic rings. The molecule has 4 heterocycles. The summed E-state index contributed by atoms with van der Waals surface area (Å²) in [6, 6.07) is 4.59. The maximum atomic E-state index is 13.3. The zero-order valence-corrected chi connectivity index (χ0v) is 19.4. The lowest BCUT2D eigenvalue weighted by atomic mass is 9.69. The number of rotatable bonds is 5. The average molecular weight is 513 g/mol. The summed E-state index contributed by atoms with van der Waals surface area (Å²) in [5, 5.41) is 14.0. The van der Waals surface area contributed by atoms with E-state index in [4.69, 9.17) is 10.5 Å². The fourth-order valence-corrected chi connectivity index (χ4v) is 6.38.